The Hall–Kier alpha value is -2.44. The van der Waals surface area contributed by atoms with Crippen LogP contribution < -0.4 is 14.8 Å². The lowest BCUT2D eigenvalue weighted by atomic mass is 9.83. The normalized spacial score (nSPS) is 13.0. The highest BCUT2D eigenvalue weighted by atomic mass is 35.5. The van der Waals surface area contributed by atoms with E-state index in [9.17, 15) is 9.59 Å². The molecule has 1 N–H and O–H groups in total. The molecule has 8 heteroatoms. The van der Waals surface area contributed by atoms with Gasteiger partial charge in [-0.25, -0.2) is 0 Å². The number of hydrogen-bond donors (Lipinski definition) is 1. The minimum Gasteiger partial charge on any atom is -0.486 e. The number of fused-ring (bicyclic) bond motifs is 1. The molecule has 3 rings (SSSR count). The van der Waals surface area contributed by atoms with E-state index in [-0.39, 0.29) is 18.4 Å². The predicted octanol–water partition coefficient (Wildman–Crippen LogP) is 4.14. The van der Waals surface area contributed by atoms with Crippen molar-refractivity contribution < 1.29 is 19.1 Å². The highest BCUT2D eigenvalue weighted by Gasteiger charge is 2.34. The first-order valence-corrected chi connectivity index (χ1v) is 9.84. The highest BCUT2D eigenvalue weighted by molar-refractivity contribution is 6.42. The van der Waals surface area contributed by atoms with E-state index in [2.05, 4.69) is 5.32 Å². The van der Waals surface area contributed by atoms with Gasteiger partial charge in [0.05, 0.1) is 22.0 Å². The quantitative estimate of drug-likeness (QED) is 0.764. The second kappa shape index (κ2) is 8.51. The number of likely N-dealkylation sites (N-methyl/N-ethyl adjacent to an activating group) is 1. The fourth-order valence-electron chi connectivity index (χ4n) is 3.09. The zero-order valence-electron chi connectivity index (χ0n) is 16.4. The summed E-state index contributed by atoms with van der Waals surface area (Å²) in [6.45, 7) is 4.50. The van der Waals surface area contributed by atoms with Crippen LogP contribution in [-0.2, 0) is 15.0 Å². The molecule has 0 saturated carbocycles. The number of carbonyl (C=O) groups excluding carboxylic acids is 2. The standard InChI is InChI=1S/C21H22Cl2N2O4/c1-21(2,13-4-7-17-18(10-13)29-9-8-28-17)20(27)25(3)12-19(26)24-14-5-6-15(22)16(23)11-14/h4-7,10-11H,8-9,12H2,1-3H3,(H,24,26). The van der Waals surface area contributed by atoms with Gasteiger partial charge < -0.3 is 19.7 Å². The number of anilines is 1. The minimum absolute atomic E-state index is 0.104. The molecule has 0 unspecified atom stereocenters. The van der Waals surface area contributed by atoms with E-state index in [1.165, 1.54) is 4.90 Å². The first-order chi connectivity index (χ1) is 13.7. The molecule has 1 aliphatic rings. The Kier molecular flexibility index (Phi) is 6.24. The number of halogens is 2. The summed E-state index contributed by atoms with van der Waals surface area (Å²) in [5.74, 6) is 0.753. The van der Waals surface area contributed by atoms with E-state index in [0.717, 1.165) is 5.56 Å². The van der Waals surface area contributed by atoms with Gasteiger partial charge in [-0.3, -0.25) is 9.59 Å². The van der Waals surface area contributed by atoms with E-state index in [1.807, 2.05) is 26.0 Å². The molecule has 0 aromatic heterocycles. The number of hydrogen-bond acceptors (Lipinski definition) is 4. The van der Waals surface area contributed by atoms with Gasteiger partial charge in [0.25, 0.3) is 0 Å². The van der Waals surface area contributed by atoms with Crippen LogP contribution >= 0.6 is 23.2 Å². The highest BCUT2D eigenvalue weighted by Crippen LogP contribution is 2.35. The molecule has 0 fully saturated rings. The van der Waals surface area contributed by atoms with Gasteiger partial charge in [-0.1, -0.05) is 29.3 Å². The summed E-state index contributed by atoms with van der Waals surface area (Å²) >= 11 is 11.8. The first-order valence-electron chi connectivity index (χ1n) is 9.09. The zero-order chi connectivity index (χ0) is 21.2. The number of nitrogens with one attached hydrogen (secondary N) is 1. The van der Waals surface area contributed by atoms with Crippen molar-refractivity contribution in [3.63, 3.8) is 0 Å². The number of benzene rings is 2. The summed E-state index contributed by atoms with van der Waals surface area (Å²) in [5.41, 5.74) is 0.439. The Morgan fingerprint density at radius 2 is 1.72 bits per heavy atom. The van der Waals surface area contributed by atoms with E-state index < -0.39 is 5.41 Å². The molecular weight excluding hydrogens is 415 g/mol. The smallest absolute Gasteiger partial charge is 0.243 e. The van der Waals surface area contributed by atoms with Crippen molar-refractivity contribution in [1.82, 2.24) is 4.90 Å². The van der Waals surface area contributed by atoms with Gasteiger partial charge in [0.2, 0.25) is 11.8 Å². The second-order valence-electron chi connectivity index (χ2n) is 7.32. The van der Waals surface area contributed by atoms with Crippen LogP contribution in [0.4, 0.5) is 5.69 Å². The van der Waals surface area contributed by atoms with Crippen molar-refractivity contribution in [2.24, 2.45) is 0 Å². The second-order valence-corrected chi connectivity index (χ2v) is 8.14. The van der Waals surface area contributed by atoms with Crippen molar-refractivity contribution in [1.29, 1.82) is 0 Å². The molecule has 0 saturated heterocycles. The number of rotatable bonds is 5. The Balaban J connectivity index is 1.68. The molecule has 1 heterocycles. The molecule has 0 bridgehead atoms. The molecule has 0 radical (unpaired) electrons. The molecule has 2 amide bonds. The van der Waals surface area contributed by atoms with Crippen LogP contribution in [-0.4, -0.2) is 43.5 Å². The Morgan fingerprint density at radius 3 is 2.41 bits per heavy atom. The van der Waals surface area contributed by atoms with Gasteiger partial charge in [0, 0.05) is 12.7 Å². The van der Waals surface area contributed by atoms with E-state index in [0.29, 0.717) is 40.4 Å². The average Bonchev–Trinajstić information content (AvgIpc) is 2.69. The summed E-state index contributed by atoms with van der Waals surface area (Å²) in [6, 6.07) is 10.3. The Labute approximate surface area is 179 Å². The maximum absolute atomic E-state index is 13.1. The molecule has 2 aromatic carbocycles. The summed E-state index contributed by atoms with van der Waals surface area (Å²) in [4.78, 5) is 26.8. The largest absolute Gasteiger partial charge is 0.486 e. The van der Waals surface area contributed by atoms with Crippen LogP contribution in [0.5, 0.6) is 11.5 Å². The van der Waals surface area contributed by atoms with Gasteiger partial charge in [-0.2, -0.15) is 0 Å². The van der Waals surface area contributed by atoms with Gasteiger partial charge in [-0.05, 0) is 49.7 Å². The number of amides is 2. The van der Waals surface area contributed by atoms with Crippen molar-refractivity contribution in [3.05, 3.63) is 52.0 Å². The van der Waals surface area contributed by atoms with Crippen LogP contribution in [0, 0.1) is 0 Å². The topological polar surface area (TPSA) is 67.9 Å². The number of ether oxygens (including phenoxy) is 2. The van der Waals surface area contributed by atoms with Crippen LogP contribution in [0.3, 0.4) is 0 Å². The van der Waals surface area contributed by atoms with Gasteiger partial charge >= 0.3 is 0 Å². The molecular formula is C21H22Cl2N2O4. The van der Waals surface area contributed by atoms with E-state index in [1.54, 1.807) is 31.3 Å². The molecule has 0 spiro atoms. The Morgan fingerprint density at radius 1 is 1.03 bits per heavy atom. The SMILES string of the molecule is CN(CC(=O)Nc1ccc(Cl)c(Cl)c1)C(=O)C(C)(C)c1ccc2c(c1)OCCO2. The fourth-order valence-corrected chi connectivity index (χ4v) is 3.39. The van der Waals surface area contributed by atoms with Crippen molar-refractivity contribution >= 4 is 40.7 Å². The fraction of sp³-hybridized carbons (Fsp3) is 0.333. The summed E-state index contributed by atoms with van der Waals surface area (Å²) < 4.78 is 11.1. The average molecular weight is 437 g/mol. The van der Waals surface area contributed by atoms with Gasteiger partial charge in [0.15, 0.2) is 11.5 Å². The summed E-state index contributed by atoms with van der Waals surface area (Å²) in [6.07, 6.45) is 0. The number of nitrogens with zero attached hydrogens (tertiary/aromatic N) is 1. The van der Waals surface area contributed by atoms with Crippen molar-refractivity contribution in [2.45, 2.75) is 19.3 Å². The van der Waals surface area contributed by atoms with Gasteiger partial charge in [0.1, 0.15) is 13.2 Å². The van der Waals surface area contributed by atoms with Crippen LogP contribution in [0.2, 0.25) is 10.0 Å². The van der Waals surface area contributed by atoms with Crippen molar-refractivity contribution in [2.75, 3.05) is 32.1 Å². The van der Waals surface area contributed by atoms with Gasteiger partial charge in [-0.15, -0.1) is 0 Å². The third-order valence-corrected chi connectivity index (χ3v) is 5.47. The van der Waals surface area contributed by atoms with E-state index in [4.69, 9.17) is 32.7 Å². The van der Waals surface area contributed by atoms with Crippen LogP contribution in [0.1, 0.15) is 19.4 Å². The third kappa shape index (κ3) is 4.77. The third-order valence-electron chi connectivity index (χ3n) is 4.73. The maximum Gasteiger partial charge on any atom is 0.243 e. The molecule has 1 aliphatic heterocycles. The molecule has 0 aliphatic carbocycles. The molecule has 0 atom stereocenters. The van der Waals surface area contributed by atoms with Crippen molar-refractivity contribution in [3.8, 4) is 11.5 Å². The molecule has 154 valence electrons. The summed E-state index contributed by atoms with van der Waals surface area (Å²) in [5, 5.41) is 3.46. The zero-order valence-corrected chi connectivity index (χ0v) is 17.9. The molecule has 29 heavy (non-hydrogen) atoms. The lowest BCUT2D eigenvalue weighted by Gasteiger charge is -2.30. The lowest BCUT2D eigenvalue weighted by molar-refractivity contribution is -0.137. The van der Waals surface area contributed by atoms with E-state index >= 15 is 0 Å². The first kappa shape index (κ1) is 21.3. The predicted molar refractivity (Wildman–Crippen MR) is 113 cm³/mol. The Bertz CT molecular complexity index is 946. The van der Waals surface area contributed by atoms with Crippen LogP contribution in [0.25, 0.3) is 0 Å². The monoisotopic (exact) mass is 436 g/mol. The lowest BCUT2D eigenvalue weighted by Crippen LogP contribution is -2.44. The van der Waals surface area contributed by atoms with Crippen LogP contribution in [0.15, 0.2) is 36.4 Å². The maximum atomic E-state index is 13.1. The molecule has 2 aromatic rings. The number of carbonyl (C=O) groups is 2. The summed E-state index contributed by atoms with van der Waals surface area (Å²) in [7, 11) is 1.59. The minimum atomic E-state index is -0.853. The molecule has 6 nitrogen and oxygen atoms in total.